The van der Waals surface area contributed by atoms with Crippen molar-refractivity contribution in [3.05, 3.63) is 40.7 Å². The summed E-state index contributed by atoms with van der Waals surface area (Å²) in [5.41, 5.74) is 2.69. The average Bonchev–Trinajstić information content (AvgIpc) is 3.05. The topological polar surface area (TPSA) is 105 Å². The first-order valence-electron chi connectivity index (χ1n) is 7.48. The molecule has 1 aromatic carbocycles. The molecule has 0 saturated heterocycles. The number of aromatic nitrogens is 2. The molecule has 0 bridgehead atoms. The lowest BCUT2D eigenvalue weighted by Gasteiger charge is -2.14. The number of hydrogen-bond donors (Lipinski definition) is 3. The molecule has 1 aliphatic rings. The number of rotatable bonds is 4. The molecule has 2 heterocycles. The largest absolute Gasteiger partial charge is 0.497 e. The Morgan fingerprint density at radius 1 is 1.29 bits per heavy atom. The number of methoxy groups -OCH3 is 2. The van der Waals surface area contributed by atoms with Crippen molar-refractivity contribution in [3.63, 3.8) is 0 Å². The molecule has 0 radical (unpaired) electrons. The number of benzene rings is 1. The third kappa shape index (κ3) is 2.95. The fraction of sp³-hybridized carbons (Fsp3) is 0.312. The normalized spacial score (nSPS) is 13.1. The van der Waals surface area contributed by atoms with Gasteiger partial charge in [-0.2, -0.15) is 5.10 Å². The number of esters is 1. The van der Waals surface area contributed by atoms with Crippen LogP contribution in [-0.4, -0.2) is 42.8 Å². The summed E-state index contributed by atoms with van der Waals surface area (Å²) in [6, 6.07) is 4.77. The molecular formula is C16H18N4O4. The van der Waals surface area contributed by atoms with Crippen molar-refractivity contribution >= 4 is 17.6 Å². The summed E-state index contributed by atoms with van der Waals surface area (Å²) in [6.45, 7) is 1.43. The molecule has 8 nitrogen and oxygen atoms in total. The van der Waals surface area contributed by atoms with Gasteiger partial charge < -0.3 is 20.1 Å². The van der Waals surface area contributed by atoms with Crippen LogP contribution in [0.15, 0.2) is 18.2 Å². The summed E-state index contributed by atoms with van der Waals surface area (Å²) >= 11 is 0. The Morgan fingerprint density at radius 2 is 2.12 bits per heavy atom. The summed E-state index contributed by atoms with van der Waals surface area (Å²) < 4.78 is 9.87. The van der Waals surface area contributed by atoms with E-state index in [-0.39, 0.29) is 11.5 Å². The van der Waals surface area contributed by atoms with Gasteiger partial charge in [0.1, 0.15) is 5.75 Å². The Labute approximate surface area is 138 Å². The molecular weight excluding hydrogens is 312 g/mol. The molecule has 0 fully saturated rings. The van der Waals surface area contributed by atoms with Gasteiger partial charge in [0.15, 0.2) is 5.69 Å². The van der Waals surface area contributed by atoms with Crippen LogP contribution >= 0.6 is 0 Å². The summed E-state index contributed by atoms with van der Waals surface area (Å²) in [4.78, 5) is 24.5. The van der Waals surface area contributed by atoms with E-state index in [1.54, 1.807) is 12.1 Å². The van der Waals surface area contributed by atoms with Crippen LogP contribution in [0.1, 0.15) is 32.1 Å². The van der Waals surface area contributed by atoms with Crippen LogP contribution in [0.2, 0.25) is 0 Å². The maximum atomic E-state index is 12.6. The second kappa shape index (κ2) is 6.71. The lowest BCUT2D eigenvalue weighted by Crippen LogP contribution is -2.25. The summed E-state index contributed by atoms with van der Waals surface area (Å²) in [5, 5.41) is 12.9. The predicted molar refractivity (Wildman–Crippen MR) is 86.3 cm³/mol. The van der Waals surface area contributed by atoms with E-state index in [4.69, 9.17) is 9.47 Å². The zero-order valence-corrected chi connectivity index (χ0v) is 13.4. The highest BCUT2D eigenvalue weighted by Crippen LogP contribution is 2.24. The molecule has 0 saturated carbocycles. The smallest absolute Gasteiger partial charge is 0.340 e. The number of hydrogen-bond acceptors (Lipinski definition) is 6. The van der Waals surface area contributed by atoms with Crippen molar-refractivity contribution < 1.29 is 19.1 Å². The molecule has 1 amide bonds. The van der Waals surface area contributed by atoms with Crippen molar-refractivity contribution in [2.45, 2.75) is 13.0 Å². The molecule has 8 heteroatoms. The van der Waals surface area contributed by atoms with Gasteiger partial charge >= 0.3 is 5.97 Å². The Morgan fingerprint density at radius 3 is 2.88 bits per heavy atom. The van der Waals surface area contributed by atoms with Crippen LogP contribution in [-0.2, 0) is 17.7 Å². The fourth-order valence-corrected chi connectivity index (χ4v) is 2.63. The minimum absolute atomic E-state index is 0.215. The van der Waals surface area contributed by atoms with Crippen LogP contribution in [0.25, 0.3) is 0 Å². The van der Waals surface area contributed by atoms with E-state index < -0.39 is 5.97 Å². The molecule has 1 aliphatic heterocycles. The minimum atomic E-state index is -0.560. The first-order chi connectivity index (χ1) is 11.6. The van der Waals surface area contributed by atoms with Gasteiger partial charge in [-0.15, -0.1) is 0 Å². The standard InChI is InChI=1S/C16H18N4O4/c1-23-9-3-4-12(10(7-9)16(22)24-2)18-15(21)14-11-8-17-6-5-13(11)19-20-14/h3-4,7,17H,5-6,8H2,1-2H3,(H,18,21)(H,19,20). The highest BCUT2D eigenvalue weighted by atomic mass is 16.5. The monoisotopic (exact) mass is 330 g/mol. The molecule has 3 rings (SSSR count). The molecule has 1 aromatic heterocycles. The molecule has 24 heavy (non-hydrogen) atoms. The van der Waals surface area contributed by atoms with Gasteiger partial charge in [-0.05, 0) is 18.2 Å². The second-order valence-electron chi connectivity index (χ2n) is 5.31. The number of anilines is 1. The number of aromatic amines is 1. The Bertz CT molecular complexity index is 784. The van der Waals surface area contributed by atoms with Gasteiger partial charge in [0.25, 0.3) is 5.91 Å². The molecule has 0 unspecified atom stereocenters. The first kappa shape index (κ1) is 16.0. The first-order valence-corrected chi connectivity index (χ1v) is 7.48. The SMILES string of the molecule is COC(=O)c1cc(OC)ccc1NC(=O)c1n[nH]c2c1CNCC2. The lowest BCUT2D eigenvalue weighted by molar-refractivity contribution is 0.0601. The van der Waals surface area contributed by atoms with E-state index in [2.05, 4.69) is 20.8 Å². The van der Waals surface area contributed by atoms with E-state index in [0.29, 0.717) is 23.7 Å². The summed E-state index contributed by atoms with van der Waals surface area (Å²) in [5.74, 6) is -0.448. The van der Waals surface area contributed by atoms with Gasteiger partial charge in [0, 0.05) is 30.8 Å². The predicted octanol–water partition coefficient (Wildman–Crippen LogP) is 1.10. The van der Waals surface area contributed by atoms with Crippen LogP contribution in [0, 0.1) is 0 Å². The Balaban J connectivity index is 1.89. The number of carbonyl (C=O) groups is 2. The van der Waals surface area contributed by atoms with E-state index >= 15 is 0 Å². The van der Waals surface area contributed by atoms with Gasteiger partial charge in [-0.25, -0.2) is 4.79 Å². The number of ether oxygens (including phenoxy) is 2. The van der Waals surface area contributed by atoms with E-state index in [9.17, 15) is 9.59 Å². The van der Waals surface area contributed by atoms with Crippen molar-refractivity contribution in [2.24, 2.45) is 0 Å². The number of amides is 1. The van der Waals surface area contributed by atoms with Gasteiger partial charge in [-0.3, -0.25) is 9.89 Å². The highest BCUT2D eigenvalue weighted by molar-refractivity contribution is 6.08. The van der Waals surface area contributed by atoms with Crippen LogP contribution in [0.4, 0.5) is 5.69 Å². The fourth-order valence-electron chi connectivity index (χ4n) is 2.63. The molecule has 0 spiro atoms. The van der Waals surface area contributed by atoms with E-state index in [1.807, 2.05) is 0 Å². The maximum absolute atomic E-state index is 12.6. The molecule has 0 atom stereocenters. The Kier molecular flexibility index (Phi) is 4.48. The van der Waals surface area contributed by atoms with Gasteiger partial charge in [0.05, 0.1) is 25.5 Å². The third-order valence-corrected chi connectivity index (χ3v) is 3.90. The number of nitrogens with zero attached hydrogens (tertiary/aromatic N) is 1. The third-order valence-electron chi connectivity index (χ3n) is 3.90. The van der Waals surface area contributed by atoms with Crippen molar-refractivity contribution in [1.29, 1.82) is 0 Å². The maximum Gasteiger partial charge on any atom is 0.340 e. The minimum Gasteiger partial charge on any atom is -0.497 e. The van der Waals surface area contributed by atoms with Crippen LogP contribution in [0.3, 0.4) is 0 Å². The zero-order chi connectivity index (χ0) is 17.1. The van der Waals surface area contributed by atoms with E-state index in [1.165, 1.54) is 20.3 Å². The highest BCUT2D eigenvalue weighted by Gasteiger charge is 2.23. The van der Waals surface area contributed by atoms with Crippen molar-refractivity contribution in [1.82, 2.24) is 15.5 Å². The number of carbonyl (C=O) groups excluding carboxylic acids is 2. The Hall–Kier alpha value is -2.87. The molecule has 126 valence electrons. The number of nitrogens with one attached hydrogen (secondary N) is 3. The second-order valence-corrected chi connectivity index (χ2v) is 5.31. The summed E-state index contributed by atoms with van der Waals surface area (Å²) in [7, 11) is 2.78. The van der Waals surface area contributed by atoms with Crippen molar-refractivity contribution in [3.8, 4) is 5.75 Å². The summed E-state index contributed by atoms with van der Waals surface area (Å²) in [6.07, 6.45) is 0.797. The molecule has 0 aliphatic carbocycles. The zero-order valence-electron chi connectivity index (χ0n) is 13.4. The average molecular weight is 330 g/mol. The van der Waals surface area contributed by atoms with E-state index in [0.717, 1.165) is 24.2 Å². The van der Waals surface area contributed by atoms with Gasteiger partial charge in [0.2, 0.25) is 0 Å². The number of H-pyrrole nitrogens is 1. The molecule has 3 N–H and O–H groups in total. The lowest BCUT2D eigenvalue weighted by atomic mass is 10.1. The number of fused-ring (bicyclic) bond motifs is 1. The van der Waals surface area contributed by atoms with Crippen molar-refractivity contribution in [2.75, 3.05) is 26.1 Å². The van der Waals surface area contributed by atoms with Crippen LogP contribution in [0.5, 0.6) is 5.75 Å². The van der Waals surface area contributed by atoms with Gasteiger partial charge in [-0.1, -0.05) is 0 Å². The van der Waals surface area contributed by atoms with Crippen LogP contribution < -0.4 is 15.4 Å². The molecule has 2 aromatic rings. The quantitative estimate of drug-likeness (QED) is 0.725.